The zero-order chi connectivity index (χ0) is 13.8. The Morgan fingerprint density at radius 2 is 1.95 bits per heavy atom. The van der Waals surface area contributed by atoms with Gasteiger partial charge in [-0.25, -0.2) is 0 Å². The number of benzene rings is 1. The van der Waals surface area contributed by atoms with Gasteiger partial charge >= 0.3 is 0 Å². The van der Waals surface area contributed by atoms with E-state index in [1.165, 1.54) is 0 Å². The van der Waals surface area contributed by atoms with Crippen LogP contribution in [0.3, 0.4) is 0 Å². The molecule has 2 aromatic rings. The van der Waals surface area contributed by atoms with Gasteiger partial charge in [0.05, 0.1) is 23.5 Å². The summed E-state index contributed by atoms with van der Waals surface area (Å²) in [7, 11) is 0. The van der Waals surface area contributed by atoms with Gasteiger partial charge in [-0.2, -0.15) is 0 Å². The Balaban J connectivity index is 1.50. The van der Waals surface area contributed by atoms with Crippen molar-refractivity contribution in [3.8, 4) is 0 Å². The van der Waals surface area contributed by atoms with E-state index in [1.807, 2.05) is 36.4 Å². The summed E-state index contributed by atoms with van der Waals surface area (Å²) in [6.45, 7) is 3.08. The molecule has 3 rings (SSSR count). The molecule has 1 fully saturated rings. The lowest BCUT2D eigenvalue weighted by Crippen LogP contribution is -2.38. The minimum atomic E-state index is 0.503. The van der Waals surface area contributed by atoms with Crippen molar-refractivity contribution in [2.45, 2.75) is 25.4 Å². The van der Waals surface area contributed by atoms with Crippen molar-refractivity contribution in [2.75, 3.05) is 18.4 Å². The van der Waals surface area contributed by atoms with Crippen LogP contribution < -0.4 is 5.32 Å². The molecule has 0 amide bonds. The van der Waals surface area contributed by atoms with Crippen LogP contribution in [0.1, 0.15) is 18.6 Å². The van der Waals surface area contributed by atoms with Crippen molar-refractivity contribution in [3.63, 3.8) is 0 Å². The first-order valence-electron chi connectivity index (χ1n) is 7.07. The highest BCUT2D eigenvalue weighted by Crippen LogP contribution is 2.24. The summed E-state index contributed by atoms with van der Waals surface area (Å²) in [5.41, 5.74) is 1.04. The number of nitrogens with zero attached hydrogens (tertiary/aromatic N) is 1. The van der Waals surface area contributed by atoms with Crippen molar-refractivity contribution in [1.29, 1.82) is 0 Å². The molecule has 3 nitrogen and oxygen atoms in total. The van der Waals surface area contributed by atoms with E-state index in [0.29, 0.717) is 6.04 Å². The second-order valence-electron chi connectivity index (χ2n) is 5.25. The molecule has 0 spiro atoms. The summed E-state index contributed by atoms with van der Waals surface area (Å²) < 4.78 is 5.40. The molecular formula is C16H19ClN2O. The van der Waals surface area contributed by atoms with Crippen LogP contribution >= 0.6 is 11.6 Å². The van der Waals surface area contributed by atoms with E-state index in [4.69, 9.17) is 16.0 Å². The van der Waals surface area contributed by atoms with Gasteiger partial charge in [-0.05, 0) is 37.1 Å². The number of likely N-dealkylation sites (tertiary alicyclic amines) is 1. The van der Waals surface area contributed by atoms with Gasteiger partial charge in [0.2, 0.25) is 0 Å². The van der Waals surface area contributed by atoms with Crippen molar-refractivity contribution in [3.05, 3.63) is 53.4 Å². The third kappa shape index (κ3) is 3.35. The Morgan fingerprint density at radius 1 is 1.15 bits per heavy atom. The lowest BCUT2D eigenvalue weighted by molar-refractivity contribution is 0.197. The molecule has 106 valence electrons. The molecule has 1 N–H and O–H groups in total. The molecule has 0 unspecified atom stereocenters. The number of nitrogens with one attached hydrogen (secondary N) is 1. The van der Waals surface area contributed by atoms with Crippen molar-refractivity contribution in [1.82, 2.24) is 4.90 Å². The maximum atomic E-state index is 6.18. The highest BCUT2D eigenvalue weighted by atomic mass is 35.5. The Morgan fingerprint density at radius 3 is 2.65 bits per heavy atom. The van der Waals surface area contributed by atoms with Crippen LogP contribution in [-0.2, 0) is 6.54 Å². The molecule has 0 atom stereocenters. The van der Waals surface area contributed by atoms with Crippen LogP contribution in [0.25, 0.3) is 0 Å². The second kappa shape index (κ2) is 6.33. The Labute approximate surface area is 124 Å². The van der Waals surface area contributed by atoms with Crippen LogP contribution in [0, 0.1) is 0 Å². The zero-order valence-corrected chi connectivity index (χ0v) is 12.1. The number of anilines is 1. The van der Waals surface area contributed by atoms with Gasteiger partial charge in [0.1, 0.15) is 5.76 Å². The fourth-order valence-electron chi connectivity index (χ4n) is 2.66. The van der Waals surface area contributed by atoms with Gasteiger partial charge in [0.25, 0.3) is 0 Å². The summed E-state index contributed by atoms with van der Waals surface area (Å²) in [5, 5.41) is 4.34. The number of hydrogen-bond donors (Lipinski definition) is 1. The second-order valence-corrected chi connectivity index (χ2v) is 5.66. The molecule has 1 aromatic heterocycles. The molecule has 1 saturated heterocycles. The van der Waals surface area contributed by atoms with Crippen LogP contribution in [0.4, 0.5) is 5.69 Å². The maximum absolute atomic E-state index is 6.18. The van der Waals surface area contributed by atoms with Crippen molar-refractivity contribution < 1.29 is 4.42 Å². The molecule has 4 heteroatoms. The molecule has 1 aliphatic rings. The van der Waals surface area contributed by atoms with E-state index in [-0.39, 0.29) is 0 Å². The largest absolute Gasteiger partial charge is 0.468 e. The highest BCUT2D eigenvalue weighted by molar-refractivity contribution is 6.33. The average Bonchev–Trinajstić information content (AvgIpc) is 2.96. The van der Waals surface area contributed by atoms with Crippen molar-refractivity contribution in [2.24, 2.45) is 0 Å². The number of piperidine rings is 1. The quantitative estimate of drug-likeness (QED) is 0.922. The fourth-order valence-corrected chi connectivity index (χ4v) is 2.85. The monoisotopic (exact) mass is 290 g/mol. The van der Waals surface area contributed by atoms with E-state index in [2.05, 4.69) is 10.2 Å². The third-order valence-electron chi connectivity index (χ3n) is 3.78. The van der Waals surface area contributed by atoms with E-state index in [9.17, 15) is 0 Å². The van der Waals surface area contributed by atoms with E-state index in [0.717, 1.165) is 48.9 Å². The van der Waals surface area contributed by atoms with Gasteiger partial charge in [-0.1, -0.05) is 23.7 Å². The highest BCUT2D eigenvalue weighted by Gasteiger charge is 2.20. The van der Waals surface area contributed by atoms with Crippen LogP contribution in [0.2, 0.25) is 5.02 Å². The Hall–Kier alpha value is -1.45. The number of hydrogen-bond acceptors (Lipinski definition) is 3. The smallest absolute Gasteiger partial charge is 0.117 e. The molecule has 0 radical (unpaired) electrons. The lowest BCUT2D eigenvalue weighted by Gasteiger charge is -2.32. The molecule has 0 aliphatic carbocycles. The van der Waals surface area contributed by atoms with Crippen LogP contribution in [0.5, 0.6) is 0 Å². The summed E-state index contributed by atoms with van der Waals surface area (Å²) in [6.07, 6.45) is 4.00. The first kappa shape index (κ1) is 13.5. The minimum Gasteiger partial charge on any atom is -0.468 e. The standard InChI is InChI=1S/C16H19ClN2O/c17-15-5-1-2-6-16(15)18-13-7-9-19(10-8-13)12-14-4-3-11-20-14/h1-6,11,13,18H,7-10,12H2. The number of rotatable bonds is 4. The van der Waals surface area contributed by atoms with Gasteiger partial charge in [0.15, 0.2) is 0 Å². The normalized spacial score (nSPS) is 17.2. The summed E-state index contributed by atoms with van der Waals surface area (Å²) >= 11 is 6.18. The Bertz CT molecular complexity index is 533. The first-order chi connectivity index (χ1) is 9.81. The molecule has 20 heavy (non-hydrogen) atoms. The minimum absolute atomic E-state index is 0.503. The van der Waals surface area contributed by atoms with E-state index < -0.39 is 0 Å². The Kier molecular flexibility index (Phi) is 4.28. The van der Waals surface area contributed by atoms with E-state index in [1.54, 1.807) is 6.26 Å². The summed E-state index contributed by atoms with van der Waals surface area (Å²) in [6, 6.07) is 12.4. The topological polar surface area (TPSA) is 28.4 Å². The van der Waals surface area contributed by atoms with Crippen molar-refractivity contribution >= 4 is 17.3 Å². The summed E-state index contributed by atoms with van der Waals surface area (Å²) in [5.74, 6) is 1.04. The molecule has 1 aliphatic heterocycles. The first-order valence-corrected chi connectivity index (χ1v) is 7.45. The lowest BCUT2D eigenvalue weighted by atomic mass is 10.0. The van der Waals surface area contributed by atoms with Gasteiger partial charge in [0, 0.05) is 19.1 Å². The number of furan rings is 1. The zero-order valence-electron chi connectivity index (χ0n) is 11.4. The fraction of sp³-hybridized carbons (Fsp3) is 0.375. The molecule has 2 heterocycles. The van der Waals surface area contributed by atoms with E-state index >= 15 is 0 Å². The van der Waals surface area contributed by atoms with Crippen LogP contribution in [0.15, 0.2) is 47.1 Å². The predicted octanol–water partition coefficient (Wildman–Crippen LogP) is 4.01. The third-order valence-corrected chi connectivity index (χ3v) is 4.11. The number of halogens is 1. The molecule has 0 bridgehead atoms. The number of para-hydroxylation sites is 1. The van der Waals surface area contributed by atoms with Gasteiger partial charge in [-0.15, -0.1) is 0 Å². The molecule has 0 saturated carbocycles. The van der Waals surface area contributed by atoms with Gasteiger partial charge < -0.3 is 9.73 Å². The summed E-state index contributed by atoms with van der Waals surface area (Å²) in [4.78, 5) is 2.43. The van der Waals surface area contributed by atoms with Crippen LogP contribution in [-0.4, -0.2) is 24.0 Å². The van der Waals surface area contributed by atoms with Gasteiger partial charge in [-0.3, -0.25) is 4.90 Å². The average molecular weight is 291 g/mol. The maximum Gasteiger partial charge on any atom is 0.117 e. The molecule has 1 aromatic carbocycles. The SMILES string of the molecule is Clc1ccccc1NC1CCN(Cc2ccco2)CC1. The predicted molar refractivity (Wildman–Crippen MR) is 82.1 cm³/mol. The molecular weight excluding hydrogens is 272 g/mol.